The van der Waals surface area contributed by atoms with E-state index in [0.29, 0.717) is 25.9 Å². The van der Waals surface area contributed by atoms with Crippen LogP contribution in [0.5, 0.6) is 0 Å². The average molecular weight is 393 g/mol. The maximum atomic E-state index is 12.7. The first kappa shape index (κ1) is 19.4. The van der Waals surface area contributed by atoms with Gasteiger partial charge in [0.15, 0.2) is 0 Å². The molecule has 1 atom stereocenters. The normalized spacial score (nSPS) is 19.5. The van der Waals surface area contributed by atoms with Gasteiger partial charge in [-0.2, -0.15) is 5.10 Å². The summed E-state index contributed by atoms with van der Waals surface area (Å²) >= 11 is 0. The number of hydrogen-bond donors (Lipinski definition) is 2. The van der Waals surface area contributed by atoms with Crippen molar-refractivity contribution in [1.29, 1.82) is 0 Å². The van der Waals surface area contributed by atoms with E-state index in [1.54, 1.807) is 0 Å². The quantitative estimate of drug-likeness (QED) is 0.781. The summed E-state index contributed by atoms with van der Waals surface area (Å²) in [6.45, 7) is 5.98. The summed E-state index contributed by atoms with van der Waals surface area (Å²) in [4.78, 5) is 27.0. The minimum atomic E-state index is -0.207. The van der Waals surface area contributed by atoms with Crippen LogP contribution in [0.2, 0.25) is 0 Å². The predicted octanol–water partition coefficient (Wildman–Crippen LogP) is 2.19. The fraction of sp³-hybridized carbons (Fsp3) is 0.409. The number of aromatic nitrogens is 2. The maximum Gasteiger partial charge on any atom is 0.243 e. The van der Waals surface area contributed by atoms with E-state index in [4.69, 9.17) is 0 Å². The van der Waals surface area contributed by atoms with Gasteiger partial charge in [-0.15, -0.1) is 0 Å². The molecule has 1 saturated heterocycles. The van der Waals surface area contributed by atoms with E-state index in [9.17, 15) is 9.59 Å². The van der Waals surface area contributed by atoms with Crippen molar-refractivity contribution in [3.63, 3.8) is 0 Å². The summed E-state index contributed by atoms with van der Waals surface area (Å²) in [7, 11) is 0. The Hall–Kier alpha value is -2.93. The topological polar surface area (TPSA) is 79.3 Å². The summed E-state index contributed by atoms with van der Waals surface area (Å²) < 4.78 is 1.89. The average Bonchev–Trinajstić information content (AvgIpc) is 3.38. The highest BCUT2D eigenvalue weighted by molar-refractivity contribution is 5.93. The third-order valence-electron chi connectivity index (χ3n) is 5.62. The largest absolute Gasteiger partial charge is 0.341 e. The Morgan fingerprint density at radius 3 is 2.45 bits per heavy atom. The van der Waals surface area contributed by atoms with Crippen LogP contribution in [0.4, 0.5) is 5.69 Å². The van der Waals surface area contributed by atoms with Crippen molar-refractivity contribution in [2.75, 3.05) is 25.0 Å². The molecule has 152 valence electrons. The molecule has 2 N–H and O–H groups in total. The summed E-state index contributed by atoms with van der Waals surface area (Å²) in [5, 5.41) is 10.7. The lowest BCUT2D eigenvalue weighted by atomic mass is 9.95. The van der Waals surface area contributed by atoms with Crippen LogP contribution in [0.1, 0.15) is 24.2 Å². The zero-order chi connectivity index (χ0) is 20.4. The standard InChI is InChI=1S/C22H27N5O2/c1-15-14-16(2)27(25-15)19-7-5-18(6-8-19)24-21(28)17-9-12-26(13-10-17)22(29)20-4-3-11-23-20/h3-8,14,17,20,23H,9-13H2,1-2H3,(H,24,28)/t20-/m1/s1. The molecule has 1 aromatic heterocycles. The third kappa shape index (κ3) is 4.24. The van der Waals surface area contributed by atoms with Gasteiger partial charge in [0.1, 0.15) is 6.04 Å². The van der Waals surface area contributed by atoms with Crippen LogP contribution in [0.3, 0.4) is 0 Å². The van der Waals surface area contributed by atoms with Crippen LogP contribution in [0.25, 0.3) is 5.69 Å². The Kier molecular flexibility index (Phi) is 5.49. The van der Waals surface area contributed by atoms with Gasteiger partial charge in [0.25, 0.3) is 0 Å². The van der Waals surface area contributed by atoms with E-state index in [2.05, 4.69) is 15.7 Å². The maximum absolute atomic E-state index is 12.7. The van der Waals surface area contributed by atoms with Gasteiger partial charge in [-0.05, 0) is 57.0 Å². The zero-order valence-electron chi connectivity index (χ0n) is 16.9. The number of carbonyl (C=O) groups is 2. The van der Waals surface area contributed by atoms with Crippen molar-refractivity contribution in [3.8, 4) is 5.69 Å². The molecule has 2 aliphatic heterocycles. The number of piperidine rings is 1. The lowest BCUT2D eigenvalue weighted by molar-refractivity contribution is -0.135. The van der Waals surface area contributed by atoms with Crippen LogP contribution in [-0.2, 0) is 9.59 Å². The highest BCUT2D eigenvalue weighted by Crippen LogP contribution is 2.21. The van der Waals surface area contributed by atoms with Crippen molar-refractivity contribution in [2.45, 2.75) is 32.7 Å². The Morgan fingerprint density at radius 2 is 1.86 bits per heavy atom. The summed E-state index contributed by atoms with van der Waals surface area (Å²) in [6, 6.07) is 9.55. The molecule has 2 aliphatic rings. The van der Waals surface area contributed by atoms with Crippen molar-refractivity contribution in [3.05, 3.63) is 53.9 Å². The highest BCUT2D eigenvalue weighted by Gasteiger charge is 2.30. The monoisotopic (exact) mass is 393 g/mol. The highest BCUT2D eigenvalue weighted by atomic mass is 16.2. The molecular weight excluding hydrogens is 366 g/mol. The minimum Gasteiger partial charge on any atom is -0.341 e. The molecule has 0 bridgehead atoms. The van der Waals surface area contributed by atoms with Gasteiger partial charge >= 0.3 is 0 Å². The van der Waals surface area contributed by atoms with Crippen LogP contribution in [0.15, 0.2) is 42.5 Å². The van der Waals surface area contributed by atoms with Gasteiger partial charge in [0.05, 0.1) is 11.4 Å². The molecule has 7 heteroatoms. The van der Waals surface area contributed by atoms with Gasteiger partial charge in [-0.3, -0.25) is 14.9 Å². The second-order valence-electron chi connectivity index (χ2n) is 7.79. The second kappa shape index (κ2) is 8.21. The number of likely N-dealkylation sites (tertiary alicyclic amines) is 1. The summed E-state index contributed by atoms with van der Waals surface area (Å²) in [5.74, 6) is 0.0639. The van der Waals surface area contributed by atoms with E-state index in [-0.39, 0.29) is 23.8 Å². The van der Waals surface area contributed by atoms with E-state index < -0.39 is 0 Å². The molecule has 2 aromatic rings. The number of benzene rings is 1. The van der Waals surface area contributed by atoms with Gasteiger partial charge < -0.3 is 10.2 Å². The number of nitrogens with zero attached hydrogens (tertiary/aromatic N) is 3. The lowest BCUT2D eigenvalue weighted by Gasteiger charge is -2.32. The zero-order valence-corrected chi connectivity index (χ0v) is 16.9. The van der Waals surface area contributed by atoms with E-state index in [1.165, 1.54) is 0 Å². The first-order chi connectivity index (χ1) is 14.0. The molecular formula is C22H27N5O2. The molecule has 7 nitrogen and oxygen atoms in total. The molecule has 2 amide bonds. The minimum absolute atomic E-state index is 0.0230. The number of amides is 2. The molecule has 1 fully saturated rings. The first-order valence-electron chi connectivity index (χ1n) is 10.1. The lowest BCUT2D eigenvalue weighted by Crippen LogP contribution is -2.48. The summed E-state index contributed by atoms with van der Waals surface area (Å²) in [5.41, 5.74) is 3.79. The molecule has 4 rings (SSSR count). The van der Waals surface area contributed by atoms with Crippen molar-refractivity contribution >= 4 is 17.5 Å². The number of rotatable bonds is 4. The SMILES string of the molecule is Cc1cc(C)n(-c2ccc(NC(=O)C3CCN(C(=O)[C@H]4C=CCN4)CC3)cc2)n1. The van der Waals surface area contributed by atoms with Crippen LogP contribution in [-0.4, -0.2) is 52.2 Å². The Labute approximate surface area is 170 Å². The van der Waals surface area contributed by atoms with Crippen molar-refractivity contribution in [1.82, 2.24) is 20.0 Å². The Bertz CT molecular complexity index is 923. The molecule has 0 radical (unpaired) electrons. The number of aryl methyl sites for hydroxylation is 2. The van der Waals surface area contributed by atoms with Crippen LogP contribution in [0, 0.1) is 19.8 Å². The first-order valence-corrected chi connectivity index (χ1v) is 10.1. The van der Waals surface area contributed by atoms with Crippen molar-refractivity contribution < 1.29 is 9.59 Å². The number of hydrogen-bond acceptors (Lipinski definition) is 4. The van der Waals surface area contributed by atoms with E-state index in [1.807, 2.05) is 65.9 Å². The molecule has 3 heterocycles. The number of anilines is 1. The van der Waals surface area contributed by atoms with Gasteiger partial charge in [-0.1, -0.05) is 12.2 Å². The second-order valence-corrected chi connectivity index (χ2v) is 7.79. The molecule has 29 heavy (non-hydrogen) atoms. The molecule has 0 aliphatic carbocycles. The summed E-state index contributed by atoms with van der Waals surface area (Å²) in [6.07, 6.45) is 5.27. The smallest absolute Gasteiger partial charge is 0.243 e. The fourth-order valence-corrected chi connectivity index (χ4v) is 4.02. The van der Waals surface area contributed by atoms with E-state index in [0.717, 1.165) is 29.3 Å². The molecule has 0 saturated carbocycles. The number of nitrogens with one attached hydrogen (secondary N) is 2. The van der Waals surface area contributed by atoms with Crippen LogP contribution < -0.4 is 10.6 Å². The van der Waals surface area contributed by atoms with Crippen LogP contribution >= 0.6 is 0 Å². The molecule has 1 aromatic carbocycles. The Balaban J connectivity index is 1.31. The predicted molar refractivity (Wildman–Crippen MR) is 112 cm³/mol. The third-order valence-corrected chi connectivity index (χ3v) is 5.62. The van der Waals surface area contributed by atoms with Crippen molar-refractivity contribution in [2.24, 2.45) is 5.92 Å². The fourth-order valence-electron chi connectivity index (χ4n) is 4.02. The van der Waals surface area contributed by atoms with Gasteiger partial charge in [-0.25, -0.2) is 4.68 Å². The molecule has 0 unspecified atom stereocenters. The van der Waals surface area contributed by atoms with Gasteiger partial charge in [0, 0.05) is 36.9 Å². The Morgan fingerprint density at radius 1 is 1.14 bits per heavy atom. The van der Waals surface area contributed by atoms with Gasteiger partial charge in [0.2, 0.25) is 11.8 Å². The van der Waals surface area contributed by atoms with E-state index >= 15 is 0 Å². The molecule has 0 spiro atoms. The number of carbonyl (C=O) groups excluding carboxylic acids is 2.